The second-order valence-electron chi connectivity index (χ2n) is 11.0. The molecule has 1 aliphatic carbocycles. The summed E-state index contributed by atoms with van der Waals surface area (Å²) < 4.78 is 18.1. The predicted octanol–water partition coefficient (Wildman–Crippen LogP) is 7.65. The standard InChI is InChI=1S/C29H30N2O3.C8H10N2O2/c1-2-33-29(32)24-17-18-31-26(19-24)30-27(28(31)23-11-7-4-8-12-23)22-13-15-25(16-14-22)34-20-21-9-5-3-6-10-21;1-2-12-8(11)6-3-4-10-7(9)5-6/h3,5-6,9-10,13-19,23H,2,4,7-8,11-12,20H2,1H3;3-5H,2H2,1H3,(H2,9,10). The summed E-state index contributed by atoms with van der Waals surface area (Å²) in [7, 11) is 0. The van der Waals surface area contributed by atoms with Crippen LogP contribution >= 0.6 is 0 Å². The van der Waals surface area contributed by atoms with Crippen LogP contribution in [-0.4, -0.2) is 39.5 Å². The Morgan fingerprint density at radius 3 is 2.17 bits per heavy atom. The van der Waals surface area contributed by atoms with Crippen molar-refractivity contribution >= 4 is 23.4 Å². The smallest absolute Gasteiger partial charge is 0.338 e. The predicted molar refractivity (Wildman–Crippen MR) is 178 cm³/mol. The van der Waals surface area contributed by atoms with Crippen molar-refractivity contribution < 1.29 is 23.8 Å². The molecule has 2 aromatic carbocycles. The summed E-state index contributed by atoms with van der Waals surface area (Å²) in [6.07, 6.45) is 9.55. The molecule has 0 spiro atoms. The fraction of sp³-hybridized carbons (Fsp3) is 0.297. The Morgan fingerprint density at radius 1 is 0.848 bits per heavy atom. The maximum absolute atomic E-state index is 12.3. The summed E-state index contributed by atoms with van der Waals surface area (Å²) in [5, 5.41) is 0. The highest BCUT2D eigenvalue weighted by atomic mass is 16.5. The highest BCUT2D eigenvalue weighted by Gasteiger charge is 2.25. The summed E-state index contributed by atoms with van der Waals surface area (Å²) in [5.74, 6) is 0.933. The third kappa shape index (κ3) is 8.10. The fourth-order valence-corrected chi connectivity index (χ4v) is 5.62. The number of carbonyl (C=O) groups excluding carboxylic acids is 2. The number of hydrogen-bond acceptors (Lipinski definition) is 8. The molecule has 0 amide bonds. The molecule has 1 fully saturated rings. The molecule has 0 bridgehead atoms. The van der Waals surface area contributed by atoms with E-state index in [0.29, 0.717) is 42.7 Å². The molecule has 0 aliphatic heterocycles. The third-order valence-electron chi connectivity index (χ3n) is 7.83. The summed E-state index contributed by atoms with van der Waals surface area (Å²) in [5.41, 5.74) is 11.6. The fourth-order valence-electron chi connectivity index (χ4n) is 5.62. The second kappa shape index (κ2) is 15.7. The summed E-state index contributed by atoms with van der Waals surface area (Å²) >= 11 is 0. The van der Waals surface area contributed by atoms with Gasteiger partial charge in [0, 0.05) is 23.9 Å². The number of nitrogens with zero attached hydrogens (tertiary/aromatic N) is 3. The van der Waals surface area contributed by atoms with Crippen LogP contribution in [0.1, 0.15) is 83.8 Å². The monoisotopic (exact) mass is 620 g/mol. The highest BCUT2D eigenvalue weighted by molar-refractivity contribution is 5.91. The van der Waals surface area contributed by atoms with E-state index in [9.17, 15) is 9.59 Å². The van der Waals surface area contributed by atoms with Crippen molar-refractivity contribution in [2.75, 3.05) is 18.9 Å². The molecule has 0 atom stereocenters. The lowest BCUT2D eigenvalue weighted by Crippen LogP contribution is -2.09. The highest BCUT2D eigenvalue weighted by Crippen LogP contribution is 2.39. The minimum absolute atomic E-state index is 0.311. The zero-order chi connectivity index (χ0) is 32.3. The van der Waals surface area contributed by atoms with Gasteiger partial charge in [0.05, 0.1) is 35.7 Å². The summed E-state index contributed by atoms with van der Waals surface area (Å²) in [6.45, 7) is 4.83. The quantitative estimate of drug-likeness (QED) is 0.167. The van der Waals surface area contributed by atoms with E-state index in [1.807, 2.05) is 55.6 Å². The molecule has 46 heavy (non-hydrogen) atoms. The van der Waals surface area contributed by atoms with Gasteiger partial charge in [0.25, 0.3) is 0 Å². The number of pyridine rings is 2. The van der Waals surface area contributed by atoms with Crippen molar-refractivity contribution in [3.63, 3.8) is 0 Å². The number of imidazole rings is 1. The Hall–Kier alpha value is -5.18. The van der Waals surface area contributed by atoms with E-state index < -0.39 is 0 Å². The number of anilines is 1. The molecule has 9 heteroatoms. The van der Waals surface area contributed by atoms with Crippen LogP contribution in [-0.2, 0) is 16.1 Å². The largest absolute Gasteiger partial charge is 0.489 e. The van der Waals surface area contributed by atoms with Crippen LogP contribution in [0.4, 0.5) is 5.82 Å². The molecule has 1 saturated carbocycles. The van der Waals surface area contributed by atoms with Crippen LogP contribution in [0.25, 0.3) is 16.9 Å². The Labute approximate surface area is 269 Å². The van der Waals surface area contributed by atoms with Gasteiger partial charge in [-0.05, 0) is 80.8 Å². The van der Waals surface area contributed by atoms with E-state index in [4.69, 9.17) is 24.9 Å². The molecule has 3 aromatic heterocycles. The van der Waals surface area contributed by atoms with Crippen molar-refractivity contribution in [1.29, 1.82) is 0 Å². The number of esters is 2. The first-order valence-electron chi connectivity index (χ1n) is 15.8. The minimum Gasteiger partial charge on any atom is -0.489 e. The number of nitrogens with two attached hydrogens (primary N) is 1. The Kier molecular flexibility index (Phi) is 11.0. The van der Waals surface area contributed by atoms with Crippen molar-refractivity contribution in [3.8, 4) is 17.0 Å². The van der Waals surface area contributed by atoms with Gasteiger partial charge in [-0.15, -0.1) is 0 Å². The molecule has 9 nitrogen and oxygen atoms in total. The average molecular weight is 621 g/mol. The van der Waals surface area contributed by atoms with Crippen molar-refractivity contribution in [2.24, 2.45) is 0 Å². The molecular formula is C37H40N4O5. The van der Waals surface area contributed by atoms with Gasteiger partial charge in [-0.25, -0.2) is 19.6 Å². The number of ether oxygens (including phenoxy) is 3. The first kappa shape index (κ1) is 32.2. The molecule has 5 aromatic rings. The zero-order valence-electron chi connectivity index (χ0n) is 26.4. The number of nitrogen functional groups attached to an aromatic ring is 1. The van der Waals surface area contributed by atoms with E-state index in [2.05, 4.69) is 33.7 Å². The molecule has 238 valence electrons. The van der Waals surface area contributed by atoms with E-state index in [-0.39, 0.29) is 11.9 Å². The van der Waals surface area contributed by atoms with Crippen molar-refractivity contribution in [1.82, 2.24) is 14.4 Å². The molecule has 2 N–H and O–H groups in total. The van der Waals surface area contributed by atoms with Crippen molar-refractivity contribution in [3.05, 3.63) is 114 Å². The van der Waals surface area contributed by atoms with E-state index in [0.717, 1.165) is 28.2 Å². The minimum atomic E-state index is -0.369. The van der Waals surface area contributed by atoms with Crippen molar-refractivity contribution in [2.45, 2.75) is 58.5 Å². The van der Waals surface area contributed by atoms with E-state index in [1.54, 1.807) is 13.0 Å². The van der Waals surface area contributed by atoms with Gasteiger partial charge in [0.15, 0.2) is 0 Å². The molecule has 3 heterocycles. The van der Waals surface area contributed by atoms with Crippen LogP contribution in [0.15, 0.2) is 91.3 Å². The van der Waals surface area contributed by atoms with Gasteiger partial charge in [-0.1, -0.05) is 49.6 Å². The normalized spacial score (nSPS) is 13.0. The van der Waals surface area contributed by atoms with Crippen LogP contribution in [0.3, 0.4) is 0 Å². The van der Waals surface area contributed by atoms with Crippen LogP contribution in [0.2, 0.25) is 0 Å². The third-order valence-corrected chi connectivity index (χ3v) is 7.83. The maximum Gasteiger partial charge on any atom is 0.338 e. The average Bonchev–Trinajstić information content (AvgIpc) is 3.48. The lowest BCUT2D eigenvalue weighted by atomic mass is 9.85. The van der Waals surface area contributed by atoms with Gasteiger partial charge >= 0.3 is 11.9 Å². The lowest BCUT2D eigenvalue weighted by molar-refractivity contribution is 0.0516. The molecule has 0 radical (unpaired) electrons. The number of fused-ring (bicyclic) bond motifs is 1. The molecule has 6 rings (SSSR count). The van der Waals surface area contributed by atoms with Gasteiger partial charge in [0.1, 0.15) is 23.8 Å². The number of aromatic nitrogens is 3. The Morgan fingerprint density at radius 2 is 1.52 bits per heavy atom. The lowest BCUT2D eigenvalue weighted by Gasteiger charge is -2.22. The maximum atomic E-state index is 12.3. The van der Waals surface area contributed by atoms with Gasteiger partial charge in [0.2, 0.25) is 0 Å². The van der Waals surface area contributed by atoms with Crippen LogP contribution in [0, 0.1) is 0 Å². The molecule has 0 saturated heterocycles. The number of rotatable bonds is 9. The SMILES string of the molecule is CCOC(=O)c1ccn2c(C3CCCCC3)c(-c3ccc(OCc4ccccc4)cc3)nc2c1.CCOC(=O)c1ccnc(N)c1. The number of benzene rings is 2. The first-order valence-corrected chi connectivity index (χ1v) is 15.8. The second-order valence-corrected chi connectivity index (χ2v) is 11.0. The van der Waals surface area contributed by atoms with Crippen LogP contribution in [0.5, 0.6) is 5.75 Å². The van der Waals surface area contributed by atoms with Crippen LogP contribution < -0.4 is 10.5 Å². The number of hydrogen-bond donors (Lipinski definition) is 1. The molecule has 0 unspecified atom stereocenters. The first-order chi connectivity index (χ1) is 22.5. The van der Waals surface area contributed by atoms with Gasteiger partial charge < -0.3 is 24.3 Å². The summed E-state index contributed by atoms with van der Waals surface area (Å²) in [4.78, 5) is 32.1. The molecule has 1 aliphatic rings. The van der Waals surface area contributed by atoms with E-state index in [1.165, 1.54) is 50.1 Å². The van der Waals surface area contributed by atoms with Gasteiger partial charge in [-0.3, -0.25) is 0 Å². The summed E-state index contributed by atoms with van der Waals surface area (Å²) in [6, 6.07) is 25.1. The molecular weight excluding hydrogens is 580 g/mol. The number of carbonyl (C=O) groups is 2. The topological polar surface area (TPSA) is 118 Å². The zero-order valence-corrected chi connectivity index (χ0v) is 26.4. The van der Waals surface area contributed by atoms with E-state index >= 15 is 0 Å². The Bertz CT molecular complexity index is 1750. The Balaban J connectivity index is 0.000000293. The van der Waals surface area contributed by atoms with Gasteiger partial charge in [-0.2, -0.15) is 0 Å².